The SMILES string of the molecule is CCOC(=O)CC(c1ccccc1)N(C(=O)OCC)C1CCCCC1. The number of carbonyl (C=O) groups excluding carboxylic acids is 2. The molecule has 0 aromatic heterocycles. The molecule has 1 amide bonds. The molecule has 1 unspecified atom stereocenters. The lowest BCUT2D eigenvalue weighted by atomic mass is 9.91. The van der Waals surface area contributed by atoms with Crippen LogP contribution in [-0.4, -0.2) is 36.2 Å². The molecule has 0 saturated heterocycles. The highest BCUT2D eigenvalue weighted by Crippen LogP contribution is 2.33. The Bertz CT molecular complexity index is 540. The van der Waals surface area contributed by atoms with Crippen LogP contribution in [0.3, 0.4) is 0 Å². The third-order valence-electron chi connectivity index (χ3n) is 4.63. The van der Waals surface area contributed by atoms with Crippen molar-refractivity contribution in [2.24, 2.45) is 0 Å². The number of rotatable bonds is 7. The first kappa shape index (κ1) is 19.3. The van der Waals surface area contributed by atoms with Crippen LogP contribution in [0.4, 0.5) is 4.79 Å². The Kier molecular flexibility index (Phi) is 7.76. The molecule has 1 aromatic rings. The predicted molar refractivity (Wildman–Crippen MR) is 96.2 cm³/mol. The van der Waals surface area contributed by atoms with Crippen LogP contribution in [0.15, 0.2) is 30.3 Å². The molecular weight excluding hydrogens is 318 g/mol. The summed E-state index contributed by atoms with van der Waals surface area (Å²) in [6, 6.07) is 9.45. The number of hydrogen-bond acceptors (Lipinski definition) is 4. The summed E-state index contributed by atoms with van der Waals surface area (Å²) in [7, 11) is 0. The van der Waals surface area contributed by atoms with E-state index in [9.17, 15) is 9.59 Å². The van der Waals surface area contributed by atoms with Gasteiger partial charge in [-0.25, -0.2) is 4.79 Å². The molecule has 0 aliphatic heterocycles. The zero-order valence-electron chi connectivity index (χ0n) is 15.3. The van der Waals surface area contributed by atoms with Crippen molar-refractivity contribution in [2.75, 3.05) is 13.2 Å². The van der Waals surface area contributed by atoms with Crippen molar-refractivity contribution in [3.63, 3.8) is 0 Å². The van der Waals surface area contributed by atoms with Crippen molar-refractivity contribution in [3.05, 3.63) is 35.9 Å². The van der Waals surface area contributed by atoms with Crippen LogP contribution in [-0.2, 0) is 14.3 Å². The molecule has 2 rings (SSSR count). The smallest absolute Gasteiger partial charge is 0.410 e. The summed E-state index contributed by atoms with van der Waals surface area (Å²) in [4.78, 5) is 26.7. The first-order valence-electron chi connectivity index (χ1n) is 9.33. The maximum atomic E-state index is 12.7. The van der Waals surface area contributed by atoms with E-state index in [-0.39, 0.29) is 30.6 Å². The zero-order chi connectivity index (χ0) is 18.1. The molecule has 0 radical (unpaired) electrons. The van der Waals surface area contributed by atoms with E-state index in [0.717, 1.165) is 31.2 Å². The Hall–Kier alpha value is -2.04. The van der Waals surface area contributed by atoms with Gasteiger partial charge in [0.1, 0.15) is 0 Å². The van der Waals surface area contributed by atoms with Gasteiger partial charge in [-0.15, -0.1) is 0 Å². The molecule has 0 bridgehead atoms. The van der Waals surface area contributed by atoms with Crippen LogP contribution in [0.2, 0.25) is 0 Å². The largest absolute Gasteiger partial charge is 0.466 e. The van der Waals surface area contributed by atoms with E-state index in [1.54, 1.807) is 18.7 Å². The second kappa shape index (κ2) is 10.1. The van der Waals surface area contributed by atoms with Gasteiger partial charge < -0.3 is 9.47 Å². The number of nitrogens with zero attached hydrogens (tertiary/aromatic N) is 1. The average molecular weight is 347 g/mol. The summed E-state index contributed by atoms with van der Waals surface area (Å²) in [5.41, 5.74) is 0.939. The second-order valence-corrected chi connectivity index (χ2v) is 6.33. The Balaban J connectivity index is 2.32. The van der Waals surface area contributed by atoms with Gasteiger partial charge in [0.05, 0.1) is 25.7 Å². The lowest BCUT2D eigenvalue weighted by Crippen LogP contribution is -2.45. The quantitative estimate of drug-likeness (QED) is 0.683. The molecule has 5 nitrogen and oxygen atoms in total. The van der Waals surface area contributed by atoms with Crippen LogP contribution in [0.1, 0.15) is 64.0 Å². The fourth-order valence-corrected chi connectivity index (χ4v) is 3.52. The van der Waals surface area contributed by atoms with Crippen molar-refractivity contribution in [1.29, 1.82) is 0 Å². The molecule has 25 heavy (non-hydrogen) atoms. The van der Waals surface area contributed by atoms with E-state index < -0.39 is 0 Å². The fraction of sp³-hybridized carbons (Fsp3) is 0.600. The number of benzene rings is 1. The minimum atomic E-state index is -0.359. The molecule has 0 N–H and O–H groups in total. The summed E-state index contributed by atoms with van der Waals surface area (Å²) in [5.74, 6) is -0.290. The van der Waals surface area contributed by atoms with Crippen molar-refractivity contribution in [2.45, 2.75) is 64.5 Å². The highest BCUT2D eigenvalue weighted by atomic mass is 16.6. The number of hydrogen-bond donors (Lipinski definition) is 0. The third-order valence-corrected chi connectivity index (χ3v) is 4.63. The maximum Gasteiger partial charge on any atom is 0.410 e. The normalized spacial score (nSPS) is 16.1. The van der Waals surface area contributed by atoms with E-state index in [0.29, 0.717) is 13.2 Å². The first-order valence-corrected chi connectivity index (χ1v) is 9.33. The topological polar surface area (TPSA) is 55.8 Å². The zero-order valence-corrected chi connectivity index (χ0v) is 15.3. The summed E-state index contributed by atoms with van der Waals surface area (Å²) < 4.78 is 10.5. The van der Waals surface area contributed by atoms with E-state index in [4.69, 9.17) is 9.47 Å². The van der Waals surface area contributed by atoms with Gasteiger partial charge in [0.15, 0.2) is 0 Å². The van der Waals surface area contributed by atoms with E-state index in [1.165, 1.54) is 6.42 Å². The molecule has 5 heteroatoms. The summed E-state index contributed by atoms with van der Waals surface area (Å²) in [6.45, 7) is 4.26. The minimum Gasteiger partial charge on any atom is -0.466 e. The van der Waals surface area contributed by atoms with Crippen molar-refractivity contribution in [3.8, 4) is 0 Å². The van der Waals surface area contributed by atoms with E-state index in [2.05, 4.69) is 0 Å². The highest BCUT2D eigenvalue weighted by Gasteiger charge is 2.35. The number of esters is 1. The van der Waals surface area contributed by atoms with Gasteiger partial charge in [-0.1, -0.05) is 49.6 Å². The van der Waals surface area contributed by atoms with Crippen molar-refractivity contribution < 1.29 is 19.1 Å². The van der Waals surface area contributed by atoms with Gasteiger partial charge >= 0.3 is 12.1 Å². The molecule has 138 valence electrons. The average Bonchev–Trinajstić information content (AvgIpc) is 2.63. The fourth-order valence-electron chi connectivity index (χ4n) is 3.52. The Morgan fingerprint density at radius 1 is 1.04 bits per heavy atom. The van der Waals surface area contributed by atoms with Gasteiger partial charge in [0, 0.05) is 6.04 Å². The second-order valence-electron chi connectivity index (χ2n) is 6.33. The monoisotopic (exact) mass is 347 g/mol. The summed E-state index contributed by atoms with van der Waals surface area (Å²) >= 11 is 0. The molecule has 1 fully saturated rings. The van der Waals surface area contributed by atoms with Crippen molar-refractivity contribution in [1.82, 2.24) is 4.90 Å². The van der Waals surface area contributed by atoms with E-state index >= 15 is 0 Å². The lowest BCUT2D eigenvalue weighted by molar-refractivity contribution is -0.144. The van der Waals surface area contributed by atoms with Gasteiger partial charge in [0.2, 0.25) is 0 Å². The molecular formula is C20H29NO4. The van der Waals surface area contributed by atoms with Gasteiger partial charge in [-0.2, -0.15) is 0 Å². The summed E-state index contributed by atoms with van der Waals surface area (Å²) in [6.07, 6.45) is 5.10. The number of carbonyl (C=O) groups is 2. The molecule has 1 aromatic carbocycles. The predicted octanol–water partition coefficient (Wildman–Crippen LogP) is 4.47. The first-order chi connectivity index (χ1) is 12.2. The molecule has 1 atom stereocenters. The summed E-state index contributed by atoms with van der Waals surface area (Å²) in [5, 5.41) is 0. The Morgan fingerprint density at radius 3 is 2.28 bits per heavy atom. The Morgan fingerprint density at radius 2 is 1.68 bits per heavy atom. The maximum absolute atomic E-state index is 12.7. The van der Waals surface area contributed by atoms with E-state index in [1.807, 2.05) is 30.3 Å². The number of ether oxygens (including phenoxy) is 2. The highest BCUT2D eigenvalue weighted by molar-refractivity contribution is 5.73. The minimum absolute atomic E-state index is 0.104. The molecule has 1 aliphatic carbocycles. The molecule has 0 spiro atoms. The molecule has 1 saturated carbocycles. The van der Waals surface area contributed by atoms with Crippen LogP contribution in [0, 0.1) is 0 Å². The van der Waals surface area contributed by atoms with Gasteiger partial charge in [-0.05, 0) is 32.3 Å². The van der Waals surface area contributed by atoms with Crippen molar-refractivity contribution >= 4 is 12.1 Å². The third kappa shape index (κ3) is 5.48. The van der Waals surface area contributed by atoms with Crippen LogP contribution < -0.4 is 0 Å². The van der Waals surface area contributed by atoms with Gasteiger partial charge in [-0.3, -0.25) is 9.69 Å². The standard InChI is InChI=1S/C20H29NO4/c1-3-24-19(22)15-18(16-11-7-5-8-12-16)21(20(23)25-4-2)17-13-9-6-10-14-17/h5,7-8,11-12,17-18H,3-4,6,9-10,13-15H2,1-2H3. The van der Waals surface area contributed by atoms with Crippen LogP contribution >= 0.6 is 0 Å². The van der Waals surface area contributed by atoms with Crippen LogP contribution in [0.25, 0.3) is 0 Å². The molecule has 1 aliphatic rings. The van der Waals surface area contributed by atoms with Gasteiger partial charge in [0.25, 0.3) is 0 Å². The molecule has 0 heterocycles. The lowest BCUT2D eigenvalue weighted by Gasteiger charge is -2.39. The Labute approximate surface area is 150 Å². The van der Waals surface area contributed by atoms with Crippen LogP contribution in [0.5, 0.6) is 0 Å². The number of amides is 1.